The molecule has 0 radical (unpaired) electrons. The van der Waals surface area contributed by atoms with E-state index in [0.717, 1.165) is 6.07 Å². The van der Waals surface area contributed by atoms with Gasteiger partial charge in [-0.2, -0.15) is 13.2 Å². The van der Waals surface area contributed by atoms with Crippen LogP contribution in [-0.4, -0.2) is 12.5 Å². The van der Waals surface area contributed by atoms with Crippen molar-refractivity contribution in [3.05, 3.63) is 35.4 Å². The maximum absolute atomic E-state index is 12.5. The quantitative estimate of drug-likeness (QED) is 0.877. The second-order valence-electron chi connectivity index (χ2n) is 3.14. The minimum absolute atomic E-state index is 0. The van der Waals surface area contributed by atoms with Crippen LogP contribution in [0.15, 0.2) is 24.3 Å². The lowest BCUT2D eigenvalue weighted by Crippen LogP contribution is -2.30. The molecule has 1 aromatic rings. The van der Waals surface area contributed by atoms with Crippen molar-refractivity contribution in [2.75, 3.05) is 6.54 Å². The minimum Gasteiger partial charge on any atom is -0.351 e. The molecule has 0 aliphatic rings. The molecule has 3 N–H and O–H groups in total. The summed E-state index contributed by atoms with van der Waals surface area (Å²) < 4.78 is 37.6. The number of halogens is 4. The summed E-state index contributed by atoms with van der Waals surface area (Å²) in [5.74, 6) is -0.489. The van der Waals surface area contributed by atoms with Crippen LogP contribution in [0.25, 0.3) is 0 Å². The third-order valence-corrected chi connectivity index (χ3v) is 1.98. The average molecular weight is 269 g/mol. The largest absolute Gasteiger partial charge is 0.416 e. The number of alkyl halides is 3. The summed E-state index contributed by atoms with van der Waals surface area (Å²) >= 11 is 0. The van der Waals surface area contributed by atoms with E-state index in [2.05, 4.69) is 5.32 Å². The molecular weight excluding hydrogens is 257 g/mol. The van der Waals surface area contributed by atoms with E-state index in [0.29, 0.717) is 0 Å². The number of benzene rings is 1. The fourth-order valence-electron chi connectivity index (χ4n) is 1.22. The molecular formula is C10H12ClF3N2O. The summed E-state index contributed by atoms with van der Waals surface area (Å²) in [5, 5.41) is 2.30. The molecule has 0 aliphatic heterocycles. The molecule has 7 heteroatoms. The molecule has 3 nitrogen and oxygen atoms in total. The predicted octanol–water partition coefficient (Wildman–Crippen LogP) is 1.70. The Morgan fingerprint density at radius 3 is 2.41 bits per heavy atom. The minimum atomic E-state index is -4.41. The molecule has 0 bridgehead atoms. The lowest BCUT2D eigenvalue weighted by molar-refractivity contribution is -0.138. The molecule has 0 spiro atoms. The maximum Gasteiger partial charge on any atom is 0.416 e. The smallest absolute Gasteiger partial charge is 0.351 e. The zero-order valence-electron chi connectivity index (χ0n) is 8.75. The van der Waals surface area contributed by atoms with Gasteiger partial charge in [0, 0.05) is 6.54 Å². The number of hydrogen-bond donors (Lipinski definition) is 2. The zero-order valence-corrected chi connectivity index (χ0v) is 9.57. The van der Waals surface area contributed by atoms with Crippen LogP contribution >= 0.6 is 12.4 Å². The van der Waals surface area contributed by atoms with Gasteiger partial charge in [-0.05, 0) is 11.6 Å². The van der Waals surface area contributed by atoms with Crippen molar-refractivity contribution in [1.82, 2.24) is 5.32 Å². The first-order valence-electron chi connectivity index (χ1n) is 4.57. The van der Waals surface area contributed by atoms with Gasteiger partial charge in [0.05, 0.1) is 12.1 Å². The van der Waals surface area contributed by atoms with Gasteiger partial charge in [0.1, 0.15) is 0 Å². The monoisotopic (exact) mass is 268 g/mol. The normalized spacial score (nSPS) is 10.6. The van der Waals surface area contributed by atoms with Crippen molar-refractivity contribution in [3.8, 4) is 0 Å². The Balaban J connectivity index is 0.00000256. The molecule has 1 rings (SSSR count). The van der Waals surface area contributed by atoms with Gasteiger partial charge >= 0.3 is 6.18 Å². The lowest BCUT2D eigenvalue weighted by atomic mass is 10.1. The molecule has 0 saturated heterocycles. The first-order chi connectivity index (χ1) is 7.45. The molecule has 1 amide bonds. The van der Waals surface area contributed by atoms with Gasteiger partial charge in [0.25, 0.3) is 0 Å². The van der Waals surface area contributed by atoms with Gasteiger partial charge in [0.2, 0.25) is 5.91 Å². The second-order valence-corrected chi connectivity index (χ2v) is 3.14. The molecule has 1 aromatic carbocycles. The van der Waals surface area contributed by atoms with Crippen LogP contribution < -0.4 is 11.1 Å². The molecule has 96 valence electrons. The van der Waals surface area contributed by atoms with Crippen molar-refractivity contribution < 1.29 is 18.0 Å². The summed E-state index contributed by atoms with van der Waals surface area (Å²) in [6.45, 7) is -0.417. The van der Waals surface area contributed by atoms with Crippen LogP contribution in [-0.2, 0) is 17.5 Å². The van der Waals surface area contributed by atoms with E-state index in [1.165, 1.54) is 18.2 Å². The molecule has 0 atom stereocenters. The summed E-state index contributed by atoms with van der Waals surface area (Å²) in [6, 6.07) is 5.08. The highest BCUT2D eigenvalue weighted by atomic mass is 35.5. The van der Waals surface area contributed by atoms with E-state index in [4.69, 9.17) is 5.73 Å². The Bertz CT molecular complexity index is 382. The molecule has 0 fully saturated rings. The number of nitrogens with two attached hydrogens (primary N) is 1. The van der Waals surface area contributed by atoms with E-state index in [-0.39, 0.29) is 31.1 Å². The van der Waals surface area contributed by atoms with E-state index < -0.39 is 17.6 Å². The Hall–Kier alpha value is -1.27. The highest BCUT2D eigenvalue weighted by Crippen LogP contribution is 2.31. The summed E-state index contributed by atoms with van der Waals surface area (Å²) in [7, 11) is 0. The fourth-order valence-corrected chi connectivity index (χ4v) is 1.22. The van der Waals surface area contributed by atoms with Crippen LogP contribution in [0.5, 0.6) is 0 Å². The molecule has 0 saturated carbocycles. The van der Waals surface area contributed by atoms with Crippen LogP contribution in [0.3, 0.4) is 0 Å². The highest BCUT2D eigenvalue weighted by molar-refractivity contribution is 5.85. The van der Waals surface area contributed by atoms with Crippen LogP contribution in [0.4, 0.5) is 13.2 Å². The summed E-state index contributed by atoms with van der Waals surface area (Å²) in [6.07, 6.45) is -4.41. The van der Waals surface area contributed by atoms with Crippen molar-refractivity contribution >= 4 is 18.3 Å². The first kappa shape index (κ1) is 15.7. The SMILES string of the molecule is Cl.NCC(=O)NCc1ccccc1C(F)(F)F. The fraction of sp³-hybridized carbons (Fsp3) is 0.300. The molecule has 0 unspecified atom stereocenters. The second kappa shape index (κ2) is 6.46. The van der Waals surface area contributed by atoms with Crippen LogP contribution in [0.2, 0.25) is 0 Å². The zero-order chi connectivity index (χ0) is 12.2. The van der Waals surface area contributed by atoms with E-state index >= 15 is 0 Å². The summed E-state index contributed by atoms with van der Waals surface area (Å²) in [4.78, 5) is 10.8. The van der Waals surface area contributed by atoms with Crippen molar-refractivity contribution in [3.63, 3.8) is 0 Å². The Labute approximate surface area is 103 Å². The molecule has 0 aliphatic carbocycles. The van der Waals surface area contributed by atoms with Gasteiger partial charge in [-0.3, -0.25) is 4.79 Å². The third-order valence-electron chi connectivity index (χ3n) is 1.98. The number of amides is 1. The number of carbonyl (C=O) groups is 1. The summed E-state index contributed by atoms with van der Waals surface area (Å²) in [5.41, 5.74) is 4.31. The van der Waals surface area contributed by atoms with E-state index in [1.54, 1.807) is 0 Å². The van der Waals surface area contributed by atoms with Crippen molar-refractivity contribution in [2.45, 2.75) is 12.7 Å². The maximum atomic E-state index is 12.5. The van der Waals surface area contributed by atoms with Gasteiger partial charge in [-0.15, -0.1) is 12.4 Å². The van der Waals surface area contributed by atoms with E-state index in [1.807, 2.05) is 0 Å². The average Bonchev–Trinajstić information content (AvgIpc) is 2.25. The Kier molecular flexibility index (Phi) is 5.98. The third kappa shape index (κ3) is 4.62. The highest BCUT2D eigenvalue weighted by Gasteiger charge is 2.32. The topological polar surface area (TPSA) is 55.1 Å². The van der Waals surface area contributed by atoms with Gasteiger partial charge in [-0.25, -0.2) is 0 Å². The number of hydrogen-bond acceptors (Lipinski definition) is 2. The van der Waals surface area contributed by atoms with Crippen molar-refractivity contribution in [2.24, 2.45) is 5.73 Å². The first-order valence-corrected chi connectivity index (χ1v) is 4.57. The van der Waals surface area contributed by atoms with E-state index in [9.17, 15) is 18.0 Å². The molecule has 0 heterocycles. The molecule has 0 aromatic heterocycles. The van der Waals surface area contributed by atoms with Crippen molar-refractivity contribution in [1.29, 1.82) is 0 Å². The number of nitrogens with one attached hydrogen (secondary N) is 1. The Morgan fingerprint density at radius 2 is 1.88 bits per heavy atom. The number of rotatable bonds is 3. The Morgan fingerprint density at radius 1 is 1.29 bits per heavy atom. The molecule has 17 heavy (non-hydrogen) atoms. The standard InChI is InChI=1S/C10H11F3N2O.ClH/c11-10(12,13)8-4-2-1-3-7(8)6-15-9(16)5-14;/h1-4H,5-6,14H2,(H,15,16);1H. The lowest BCUT2D eigenvalue weighted by Gasteiger charge is -2.12. The predicted molar refractivity (Wildman–Crippen MR) is 59.6 cm³/mol. The van der Waals surface area contributed by atoms with Gasteiger partial charge < -0.3 is 11.1 Å². The van der Waals surface area contributed by atoms with Gasteiger partial charge in [0.15, 0.2) is 0 Å². The van der Waals surface area contributed by atoms with Gasteiger partial charge in [-0.1, -0.05) is 18.2 Å². The number of carbonyl (C=O) groups excluding carboxylic acids is 1. The van der Waals surface area contributed by atoms with Crippen LogP contribution in [0.1, 0.15) is 11.1 Å². The van der Waals surface area contributed by atoms with Crippen LogP contribution in [0, 0.1) is 0 Å².